The molecule has 0 radical (unpaired) electrons. The predicted molar refractivity (Wildman–Crippen MR) is 184 cm³/mol. The summed E-state index contributed by atoms with van der Waals surface area (Å²) in [6.45, 7) is 11.0. The van der Waals surface area contributed by atoms with E-state index in [2.05, 4.69) is 24.9 Å². The van der Waals surface area contributed by atoms with Gasteiger partial charge in [0.1, 0.15) is 6.04 Å². The lowest BCUT2D eigenvalue weighted by atomic mass is 9.68. The van der Waals surface area contributed by atoms with Crippen molar-refractivity contribution < 1.29 is 14.3 Å². The predicted octanol–water partition coefficient (Wildman–Crippen LogP) is 6.23. The van der Waals surface area contributed by atoms with E-state index in [1.165, 1.54) is 5.57 Å². The Bertz CT molecular complexity index is 1460. The van der Waals surface area contributed by atoms with E-state index >= 15 is 0 Å². The molecule has 2 unspecified atom stereocenters. The molecule has 246 valence electrons. The van der Waals surface area contributed by atoms with Gasteiger partial charge in [0.05, 0.1) is 18.0 Å². The third kappa shape index (κ3) is 7.91. The molecule has 1 fully saturated rings. The summed E-state index contributed by atoms with van der Waals surface area (Å²) in [5, 5.41) is 31.2. The lowest BCUT2D eigenvalue weighted by molar-refractivity contribution is -0.130. The maximum atomic E-state index is 13.0. The Morgan fingerprint density at radius 1 is 1.26 bits per heavy atom. The van der Waals surface area contributed by atoms with Gasteiger partial charge in [-0.2, -0.15) is 5.26 Å². The molecule has 1 aromatic rings. The van der Waals surface area contributed by atoms with Gasteiger partial charge < -0.3 is 19.9 Å². The van der Waals surface area contributed by atoms with Crippen LogP contribution in [0.15, 0.2) is 65.8 Å². The minimum atomic E-state index is -1.05. The summed E-state index contributed by atoms with van der Waals surface area (Å²) in [5.41, 5.74) is 4.25. The molecule has 0 spiro atoms. The van der Waals surface area contributed by atoms with Crippen molar-refractivity contribution >= 4 is 23.6 Å². The van der Waals surface area contributed by atoms with Crippen molar-refractivity contribution in [2.24, 2.45) is 0 Å². The summed E-state index contributed by atoms with van der Waals surface area (Å²) in [4.78, 5) is 29.2. The Balaban J connectivity index is 2.13. The fourth-order valence-corrected chi connectivity index (χ4v) is 6.71. The number of hydrogen-bond donors (Lipinski definition) is 3. The zero-order chi connectivity index (χ0) is 33.9. The van der Waals surface area contributed by atoms with Crippen molar-refractivity contribution in [3.05, 3.63) is 82.5 Å². The maximum absolute atomic E-state index is 13.0. The van der Waals surface area contributed by atoms with Crippen molar-refractivity contribution in [1.82, 2.24) is 15.1 Å². The Labute approximate surface area is 274 Å². The van der Waals surface area contributed by atoms with E-state index in [9.17, 15) is 20.3 Å². The van der Waals surface area contributed by atoms with Crippen LogP contribution < -0.4 is 5.32 Å². The van der Waals surface area contributed by atoms with E-state index in [1.54, 1.807) is 23.9 Å². The standard InChI is InChI=1S/C37H50N6O3/c1-7-11-14-26(9-3)34(39)46-36(40)37(20-21-41-25-33(44)43-22-12-15-30(43)24-38)31(10-4)27(13-8-2)16-17-28-23-29(18-19-32(28)37)35(45)42(5)6/h7-8,11,14,18-19,23,30,39-41H,2,9-10,12-13,15-17,20-22,25H2,1,3-6H3/b11-7-,26-14+,39-34?,40-36?. The second-order valence-corrected chi connectivity index (χ2v) is 12.0. The zero-order valence-electron chi connectivity index (χ0n) is 28.2. The van der Waals surface area contributed by atoms with Crippen LogP contribution in [0.5, 0.6) is 0 Å². The highest BCUT2D eigenvalue weighted by Gasteiger charge is 2.46. The van der Waals surface area contributed by atoms with Crippen molar-refractivity contribution in [3.63, 3.8) is 0 Å². The van der Waals surface area contributed by atoms with Gasteiger partial charge >= 0.3 is 0 Å². The smallest absolute Gasteiger partial charge is 0.253 e. The van der Waals surface area contributed by atoms with Crippen LogP contribution in [0.4, 0.5) is 0 Å². The first-order valence-electron chi connectivity index (χ1n) is 16.3. The van der Waals surface area contributed by atoms with E-state index in [-0.39, 0.29) is 36.2 Å². The molecule has 46 heavy (non-hydrogen) atoms. The summed E-state index contributed by atoms with van der Waals surface area (Å²) in [6, 6.07) is 7.54. The number of likely N-dealkylation sites (tertiary alicyclic amines) is 1. The van der Waals surface area contributed by atoms with Crippen molar-refractivity contribution in [1.29, 1.82) is 16.1 Å². The normalized spacial score (nSPS) is 19.8. The number of nitrogens with zero attached hydrogens (tertiary/aromatic N) is 3. The van der Waals surface area contributed by atoms with E-state index in [0.29, 0.717) is 62.8 Å². The number of rotatable bonds is 13. The SMILES string of the molecule is C=CCC1=C(CC)C(CCNCC(=O)N2CCCC2C#N)(C(=N)OC(=N)/C(=C/C=C\C)CC)c2ccc(C(=O)N(C)C)cc2CC1. The van der Waals surface area contributed by atoms with Crippen LogP contribution in [0.2, 0.25) is 0 Å². The molecule has 1 aliphatic heterocycles. The summed E-state index contributed by atoms with van der Waals surface area (Å²) >= 11 is 0. The number of benzene rings is 1. The van der Waals surface area contributed by atoms with Gasteiger partial charge in [0, 0.05) is 31.8 Å². The Morgan fingerprint density at radius 2 is 2.02 bits per heavy atom. The van der Waals surface area contributed by atoms with Crippen LogP contribution in [-0.4, -0.2) is 73.2 Å². The number of allylic oxidation sites excluding steroid dienone is 5. The van der Waals surface area contributed by atoms with E-state index in [4.69, 9.17) is 10.1 Å². The van der Waals surface area contributed by atoms with Crippen LogP contribution in [0.25, 0.3) is 0 Å². The molecule has 9 heteroatoms. The molecule has 1 aliphatic carbocycles. The molecule has 2 atom stereocenters. The van der Waals surface area contributed by atoms with Crippen LogP contribution in [-0.2, 0) is 21.4 Å². The second kappa shape index (κ2) is 16.9. The Hall–Kier alpha value is -4.29. The first kappa shape index (κ1) is 36.2. The van der Waals surface area contributed by atoms with Gasteiger partial charge in [-0.15, -0.1) is 6.58 Å². The molecule has 0 saturated carbocycles. The summed E-state index contributed by atoms with van der Waals surface area (Å²) < 4.78 is 6.21. The summed E-state index contributed by atoms with van der Waals surface area (Å²) in [6.07, 6.45) is 12.7. The Kier molecular flexibility index (Phi) is 13.3. The highest BCUT2D eigenvalue weighted by atomic mass is 16.5. The van der Waals surface area contributed by atoms with Crippen LogP contribution in [0, 0.1) is 22.1 Å². The molecule has 3 rings (SSSR count). The second-order valence-electron chi connectivity index (χ2n) is 12.0. The number of amides is 2. The molecule has 9 nitrogen and oxygen atoms in total. The number of fused-ring (bicyclic) bond motifs is 1. The number of carbonyl (C=O) groups is 2. The minimum Gasteiger partial charge on any atom is -0.424 e. The lowest BCUT2D eigenvalue weighted by Gasteiger charge is -2.38. The first-order valence-corrected chi connectivity index (χ1v) is 16.3. The van der Waals surface area contributed by atoms with Crippen LogP contribution >= 0.6 is 0 Å². The van der Waals surface area contributed by atoms with Crippen molar-refractivity contribution in [2.75, 3.05) is 33.7 Å². The lowest BCUT2D eigenvalue weighted by Crippen LogP contribution is -2.45. The molecule has 1 heterocycles. The molecule has 1 saturated heterocycles. The van der Waals surface area contributed by atoms with E-state index < -0.39 is 5.41 Å². The molecule has 1 aromatic carbocycles. The number of aryl methyl sites for hydroxylation is 1. The van der Waals surface area contributed by atoms with Gasteiger partial charge in [-0.3, -0.25) is 20.4 Å². The van der Waals surface area contributed by atoms with Crippen molar-refractivity contribution in [2.45, 2.75) is 83.6 Å². The molecule has 0 bridgehead atoms. The topological polar surface area (TPSA) is 133 Å². The third-order valence-electron chi connectivity index (χ3n) is 9.03. The summed E-state index contributed by atoms with van der Waals surface area (Å²) in [5.74, 6) is -0.335. The average molecular weight is 627 g/mol. The number of carbonyl (C=O) groups excluding carboxylic acids is 2. The van der Waals surface area contributed by atoms with Gasteiger partial charge in [-0.05, 0) is 88.1 Å². The monoisotopic (exact) mass is 626 g/mol. The van der Waals surface area contributed by atoms with Gasteiger partial charge in [0.2, 0.25) is 17.7 Å². The zero-order valence-corrected chi connectivity index (χ0v) is 28.2. The van der Waals surface area contributed by atoms with Gasteiger partial charge in [0.25, 0.3) is 5.91 Å². The average Bonchev–Trinajstić information content (AvgIpc) is 3.49. The molecule has 2 aliphatic rings. The molecule has 0 aromatic heterocycles. The largest absolute Gasteiger partial charge is 0.424 e. The fraction of sp³-hybridized carbons (Fsp3) is 0.486. The Morgan fingerprint density at radius 3 is 2.65 bits per heavy atom. The quantitative estimate of drug-likeness (QED) is 0.0785. The number of nitrogens with one attached hydrogen (secondary N) is 3. The molecular weight excluding hydrogens is 576 g/mol. The summed E-state index contributed by atoms with van der Waals surface area (Å²) in [7, 11) is 3.46. The highest BCUT2D eigenvalue weighted by molar-refractivity contribution is 6.04. The van der Waals surface area contributed by atoms with Gasteiger partial charge in [0.15, 0.2) is 0 Å². The molecule has 3 N–H and O–H groups in total. The van der Waals surface area contributed by atoms with E-state index in [1.807, 2.05) is 56.4 Å². The maximum Gasteiger partial charge on any atom is 0.253 e. The fourth-order valence-electron chi connectivity index (χ4n) is 6.71. The van der Waals surface area contributed by atoms with E-state index in [0.717, 1.165) is 29.5 Å². The van der Waals surface area contributed by atoms with Crippen molar-refractivity contribution in [3.8, 4) is 6.07 Å². The number of hydrogen-bond acceptors (Lipinski definition) is 7. The highest BCUT2D eigenvalue weighted by Crippen LogP contribution is 2.46. The minimum absolute atomic E-state index is 0.0530. The van der Waals surface area contributed by atoms with Gasteiger partial charge in [-0.25, -0.2) is 0 Å². The molecular formula is C37H50N6O3. The first-order chi connectivity index (χ1) is 22.1. The number of ether oxygens (including phenoxy) is 1. The van der Waals surface area contributed by atoms with Crippen LogP contribution in [0.3, 0.4) is 0 Å². The third-order valence-corrected chi connectivity index (χ3v) is 9.03. The van der Waals surface area contributed by atoms with Crippen LogP contribution in [0.1, 0.15) is 87.2 Å². The number of nitriles is 1. The van der Waals surface area contributed by atoms with Gasteiger partial charge in [-0.1, -0.05) is 55.4 Å². The molecule has 2 amide bonds.